The minimum Gasteiger partial charge on any atom is -0.481 e. The van der Waals surface area contributed by atoms with E-state index in [9.17, 15) is 9.90 Å². The Labute approximate surface area is 116 Å². The number of nitrogens with zero attached hydrogens (tertiary/aromatic N) is 1. The molecule has 1 saturated carbocycles. The Balaban J connectivity index is 2.01. The summed E-state index contributed by atoms with van der Waals surface area (Å²) in [4.78, 5) is 14.0. The standard InChI is InChI=1S/C15H27NO3/c1-19-11-12-6-5-9-16(10-12)14-8-4-2-3-7-13(14)15(17)18/h12-14H,2-11H2,1H3,(H,17,18). The van der Waals surface area contributed by atoms with Crippen molar-refractivity contribution >= 4 is 5.97 Å². The molecule has 1 saturated heterocycles. The molecule has 110 valence electrons. The number of methoxy groups -OCH3 is 1. The fraction of sp³-hybridized carbons (Fsp3) is 0.933. The summed E-state index contributed by atoms with van der Waals surface area (Å²) >= 11 is 0. The van der Waals surface area contributed by atoms with Gasteiger partial charge in [0.25, 0.3) is 0 Å². The molecule has 0 bridgehead atoms. The summed E-state index contributed by atoms with van der Waals surface area (Å²) in [7, 11) is 1.75. The number of carboxylic acids is 1. The molecular weight excluding hydrogens is 242 g/mol. The van der Waals surface area contributed by atoms with Gasteiger partial charge in [0.15, 0.2) is 0 Å². The molecule has 0 amide bonds. The Morgan fingerprint density at radius 2 is 2.00 bits per heavy atom. The van der Waals surface area contributed by atoms with Gasteiger partial charge >= 0.3 is 5.97 Å². The van der Waals surface area contributed by atoms with Crippen LogP contribution in [0, 0.1) is 11.8 Å². The maximum absolute atomic E-state index is 11.5. The molecule has 19 heavy (non-hydrogen) atoms. The van der Waals surface area contributed by atoms with Crippen LogP contribution in [0.4, 0.5) is 0 Å². The van der Waals surface area contributed by atoms with Gasteiger partial charge in [-0.15, -0.1) is 0 Å². The van der Waals surface area contributed by atoms with E-state index in [4.69, 9.17) is 4.74 Å². The van der Waals surface area contributed by atoms with E-state index in [2.05, 4.69) is 4.90 Å². The third-order valence-electron chi connectivity index (χ3n) is 4.72. The molecule has 0 aromatic heterocycles. The van der Waals surface area contributed by atoms with Crippen molar-refractivity contribution in [2.75, 3.05) is 26.8 Å². The summed E-state index contributed by atoms with van der Waals surface area (Å²) in [6, 6.07) is 0.250. The van der Waals surface area contributed by atoms with Crippen LogP contribution in [0.5, 0.6) is 0 Å². The molecule has 1 aliphatic carbocycles. The zero-order chi connectivity index (χ0) is 13.7. The Bertz CT molecular complexity index is 293. The molecule has 1 N–H and O–H groups in total. The van der Waals surface area contributed by atoms with Crippen molar-refractivity contribution in [1.29, 1.82) is 0 Å². The number of hydrogen-bond acceptors (Lipinski definition) is 3. The van der Waals surface area contributed by atoms with Crippen LogP contribution >= 0.6 is 0 Å². The maximum Gasteiger partial charge on any atom is 0.308 e. The number of aliphatic carboxylic acids is 1. The molecule has 3 unspecified atom stereocenters. The molecule has 0 radical (unpaired) electrons. The van der Waals surface area contributed by atoms with Crippen LogP contribution < -0.4 is 0 Å². The van der Waals surface area contributed by atoms with Gasteiger partial charge < -0.3 is 9.84 Å². The van der Waals surface area contributed by atoms with Crippen LogP contribution in [-0.4, -0.2) is 48.8 Å². The van der Waals surface area contributed by atoms with Crippen LogP contribution in [0.1, 0.15) is 44.9 Å². The molecular formula is C15H27NO3. The second-order valence-corrected chi connectivity index (χ2v) is 6.11. The average molecular weight is 269 g/mol. The van der Waals surface area contributed by atoms with Gasteiger partial charge in [0.2, 0.25) is 0 Å². The molecule has 2 fully saturated rings. The quantitative estimate of drug-likeness (QED) is 0.796. The highest BCUT2D eigenvalue weighted by molar-refractivity contribution is 5.70. The van der Waals surface area contributed by atoms with Crippen LogP contribution in [0.2, 0.25) is 0 Å². The first-order chi connectivity index (χ1) is 9.22. The first-order valence-electron chi connectivity index (χ1n) is 7.68. The highest BCUT2D eigenvalue weighted by Crippen LogP contribution is 2.30. The molecule has 0 aromatic rings. The number of ether oxygens (including phenoxy) is 1. The second kappa shape index (κ2) is 7.25. The Morgan fingerprint density at radius 3 is 2.74 bits per heavy atom. The van der Waals surface area contributed by atoms with Crippen LogP contribution in [0.3, 0.4) is 0 Å². The predicted molar refractivity (Wildman–Crippen MR) is 74.2 cm³/mol. The first-order valence-corrected chi connectivity index (χ1v) is 7.68. The van der Waals surface area contributed by atoms with Crippen LogP contribution in [0.25, 0.3) is 0 Å². The third kappa shape index (κ3) is 3.93. The van der Waals surface area contributed by atoms with Gasteiger partial charge in [0, 0.05) is 19.7 Å². The summed E-state index contributed by atoms with van der Waals surface area (Å²) in [6.45, 7) is 2.89. The zero-order valence-corrected chi connectivity index (χ0v) is 12.0. The largest absolute Gasteiger partial charge is 0.481 e. The fourth-order valence-corrected chi connectivity index (χ4v) is 3.78. The van der Waals surface area contributed by atoms with E-state index >= 15 is 0 Å². The lowest BCUT2D eigenvalue weighted by molar-refractivity contribution is -0.145. The first kappa shape index (κ1) is 14.8. The average Bonchev–Trinajstić information content (AvgIpc) is 2.65. The highest BCUT2D eigenvalue weighted by Gasteiger charge is 2.35. The molecule has 4 heteroatoms. The van der Waals surface area contributed by atoms with Crippen molar-refractivity contribution in [2.45, 2.75) is 51.0 Å². The fourth-order valence-electron chi connectivity index (χ4n) is 3.78. The van der Waals surface area contributed by atoms with Gasteiger partial charge in [-0.25, -0.2) is 0 Å². The molecule has 2 rings (SSSR count). The number of carbonyl (C=O) groups is 1. The maximum atomic E-state index is 11.5. The summed E-state index contributed by atoms with van der Waals surface area (Å²) in [5, 5.41) is 9.48. The van der Waals surface area contributed by atoms with Gasteiger partial charge in [-0.2, -0.15) is 0 Å². The van der Waals surface area contributed by atoms with Crippen molar-refractivity contribution < 1.29 is 14.6 Å². The van der Waals surface area contributed by atoms with Crippen molar-refractivity contribution in [2.24, 2.45) is 11.8 Å². The molecule has 0 spiro atoms. The smallest absolute Gasteiger partial charge is 0.308 e. The van der Waals surface area contributed by atoms with E-state index in [1.807, 2.05) is 0 Å². The van der Waals surface area contributed by atoms with E-state index in [0.29, 0.717) is 5.92 Å². The van der Waals surface area contributed by atoms with Gasteiger partial charge in [-0.05, 0) is 38.1 Å². The summed E-state index contributed by atoms with van der Waals surface area (Å²) < 4.78 is 5.27. The lowest BCUT2D eigenvalue weighted by Gasteiger charge is -2.40. The minimum absolute atomic E-state index is 0.163. The lowest BCUT2D eigenvalue weighted by atomic mass is 9.89. The van der Waals surface area contributed by atoms with Gasteiger partial charge in [0.1, 0.15) is 0 Å². The third-order valence-corrected chi connectivity index (χ3v) is 4.72. The normalized spacial score (nSPS) is 33.8. The molecule has 3 atom stereocenters. The number of likely N-dealkylation sites (tertiary alicyclic amines) is 1. The van der Waals surface area contributed by atoms with Crippen molar-refractivity contribution in [3.8, 4) is 0 Å². The molecule has 2 aliphatic rings. The van der Waals surface area contributed by atoms with Crippen molar-refractivity contribution in [3.63, 3.8) is 0 Å². The van der Waals surface area contributed by atoms with Crippen LogP contribution in [0.15, 0.2) is 0 Å². The SMILES string of the molecule is COCC1CCCN(C2CCCCCC2C(=O)O)C1. The molecule has 0 aromatic carbocycles. The van der Waals surface area contributed by atoms with E-state index in [0.717, 1.165) is 39.0 Å². The van der Waals surface area contributed by atoms with E-state index in [-0.39, 0.29) is 12.0 Å². The molecule has 4 nitrogen and oxygen atoms in total. The number of hydrogen-bond donors (Lipinski definition) is 1. The van der Waals surface area contributed by atoms with E-state index in [1.54, 1.807) is 7.11 Å². The zero-order valence-electron chi connectivity index (χ0n) is 12.0. The molecule has 1 aliphatic heterocycles. The Hall–Kier alpha value is -0.610. The van der Waals surface area contributed by atoms with Crippen molar-refractivity contribution in [1.82, 2.24) is 4.90 Å². The number of piperidine rings is 1. The Morgan fingerprint density at radius 1 is 1.21 bits per heavy atom. The Kier molecular flexibility index (Phi) is 5.64. The van der Waals surface area contributed by atoms with Crippen LogP contribution in [-0.2, 0) is 9.53 Å². The summed E-state index contributed by atoms with van der Waals surface area (Å²) in [5.41, 5.74) is 0. The topological polar surface area (TPSA) is 49.8 Å². The number of carboxylic acid groups (broad SMARTS) is 1. The number of rotatable bonds is 4. The van der Waals surface area contributed by atoms with Gasteiger partial charge in [0.05, 0.1) is 12.5 Å². The monoisotopic (exact) mass is 269 g/mol. The predicted octanol–water partition coefficient (Wildman–Crippen LogP) is 2.38. The van der Waals surface area contributed by atoms with Gasteiger partial charge in [-0.3, -0.25) is 9.69 Å². The summed E-state index contributed by atoms with van der Waals surface area (Å²) in [6.07, 6.45) is 7.74. The summed E-state index contributed by atoms with van der Waals surface area (Å²) in [5.74, 6) is -0.180. The second-order valence-electron chi connectivity index (χ2n) is 6.11. The molecule has 1 heterocycles. The van der Waals surface area contributed by atoms with Gasteiger partial charge in [-0.1, -0.05) is 19.3 Å². The highest BCUT2D eigenvalue weighted by atomic mass is 16.5. The lowest BCUT2D eigenvalue weighted by Crippen LogP contribution is -2.48. The van der Waals surface area contributed by atoms with E-state index < -0.39 is 5.97 Å². The van der Waals surface area contributed by atoms with E-state index in [1.165, 1.54) is 25.7 Å². The minimum atomic E-state index is -0.597. The van der Waals surface area contributed by atoms with Crippen molar-refractivity contribution in [3.05, 3.63) is 0 Å².